The number of hydrogen-bond donors (Lipinski definition) is 1. The first-order valence-corrected chi connectivity index (χ1v) is 8.49. The van der Waals surface area contributed by atoms with Crippen LogP contribution in [-0.4, -0.2) is 41.3 Å². The van der Waals surface area contributed by atoms with Gasteiger partial charge in [0.25, 0.3) is 0 Å². The van der Waals surface area contributed by atoms with Crippen molar-refractivity contribution in [2.45, 2.75) is 13.8 Å². The minimum Gasteiger partial charge on any atom is -0.343 e. The molecular formula is C14H18Cl2N2O2S. The number of carbonyl (C=O) groups excluding carboxylic acids is 2. The number of anilines is 1. The average molecular weight is 349 g/mol. The Morgan fingerprint density at radius 1 is 1.14 bits per heavy atom. The van der Waals surface area contributed by atoms with Crippen LogP contribution in [0.2, 0.25) is 10.0 Å². The summed E-state index contributed by atoms with van der Waals surface area (Å²) in [5, 5.41) is 3.54. The molecule has 0 saturated heterocycles. The molecule has 4 nitrogen and oxygen atoms in total. The Balaban J connectivity index is 2.37. The van der Waals surface area contributed by atoms with Gasteiger partial charge < -0.3 is 10.2 Å². The van der Waals surface area contributed by atoms with E-state index in [-0.39, 0.29) is 17.6 Å². The van der Waals surface area contributed by atoms with Crippen molar-refractivity contribution in [1.29, 1.82) is 0 Å². The van der Waals surface area contributed by atoms with E-state index in [4.69, 9.17) is 23.2 Å². The van der Waals surface area contributed by atoms with Gasteiger partial charge in [0.15, 0.2) is 0 Å². The third-order valence-electron chi connectivity index (χ3n) is 2.78. The molecule has 0 heterocycles. The molecule has 0 radical (unpaired) electrons. The summed E-state index contributed by atoms with van der Waals surface area (Å²) >= 11 is 13.0. The molecule has 0 atom stereocenters. The van der Waals surface area contributed by atoms with E-state index in [1.807, 2.05) is 13.8 Å². The summed E-state index contributed by atoms with van der Waals surface area (Å²) in [5.41, 5.74) is 0.588. The van der Waals surface area contributed by atoms with Crippen LogP contribution in [-0.2, 0) is 9.59 Å². The molecule has 21 heavy (non-hydrogen) atoms. The largest absolute Gasteiger partial charge is 0.343 e. The highest BCUT2D eigenvalue weighted by atomic mass is 35.5. The molecular weight excluding hydrogens is 331 g/mol. The number of nitrogens with zero attached hydrogens (tertiary/aromatic N) is 1. The van der Waals surface area contributed by atoms with Crippen LogP contribution < -0.4 is 5.32 Å². The van der Waals surface area contributed by atoms with Gasteiger partial charge in [0.05, 0.1) is 21.6 Å². The lowest BCUT2D eigenvalue weighted by molar-refractivity contribution is -0.127. The first-order valence-electron chi connectivity index (χ1n) is 6.58. The minimum atomic E-state index is -0.175. The Morgan fingerprint density at radius 3 is 2.38 bits per heavy atom. The van der Waals surface area contributed by atoms with Gasteiger partial charge in [0.2, 0.25) is 11.8 Å². The lowest BCUT2D eigenvalue weighted by atomic mass is 10.3. The zero-order valence-corrected chi connectivity index (χ0v) is 14.3. The first kappa shape index (κ1) is 18.1. The van der Waals surface area contributed by atoms with E-state index in [1.54, 1.807) is 23.1 Å². The first-order chi connectivity index (χ1) is 9.97. The molecule has 0 aliphatic rings. The molecule has 0 aliphatic carbocycles. The molecule has 0 bridgehead atoms. The lowest BCUT2D eigenvalue weighted by Crippen LogP contribution is -2.32. The number of rotatable bonds is 7. The van der Waals surface area contributed by atoms with Crippen LogP contribution >= 0.6 is 35.0 Å². The predicted octanol–water partition coefficient (Wildman–Crippen LogP) is 3.53. The van der Waals surface area contributed by atoms with Crippen LogP contribution in [0.1, 0.15) is 13.8 Å². The van der Waals surface area contributed by atoms with Crippen LogP contribution in [0.15, 0.2) is 18.2 Å². The Bertz CT molecular complexity index is 508. The average Bonchev–Trinajstić information content (AvgIpc) is 2.44. The molecule has 116 valence electrons. The number of benzene rings is 1. The maximum absolute atomic E-state index is 11.8. The molecule has 2 amide bonds. The van der Waals surface area contributed by atoms with E-state index >= 15 is 0 Å². The lowest BCUT2D eigenvalue weighted by Gasteiger charge is -2.18. The summed E-state index contributed by atoms with van der Waals surface area (Å²) in [6.45, 7) is 5.24. The number of carbonyl (C=O) groups is 2. The zero-order valence-electron chi connectivity index (χ0n) is 12.0. The molecule has 0 aliphatic heterocycles. The number of nitrogens with one attached hydrogen (secondary N) is 1. The molecule has 1 rings (SSSR count). The highest BCUT2D eigenvalue weighted by molar-refractivity contribution is 8.00. The van der Waals surface area contributed by atoms with Crippen LogP contribution in [0, 0.1) is 0 Å². The van der Waals surface area contributed by atoms with E-state index in [1.165, 1.54) is 11.8 Å². The van der Waals surface area contributed by atoms with Crippen molar-refractivity contribution >= 4 is 52.5 Å². The Labute approximate surface area is 139 Å². The van der Waals surface area contributed by atoms with Crippen molar-refractivity contribution in [2.24, 2.45) is 0 Å². The second-order valence-corrected chi connectivity index (χ2v) is 6.04. The van der Waals surface area contributed by atoms with E-state index in [2.05, 4.69) is 5.32 Å². The van der Waals surface area contributed by atoms with Crippen molar-refractivity contribution in [3.8, 4) is 0 Å². The molecule has 0 saturated carbocycles. The Hall–Kier alpha value is -0.910. The van der Waals surface area contributed by atoms with Crippen LogP contribution in [0.3, 0.4) is 0 Å². The molecule has 1 aromatic carbocycles. The molecule has 0 unspecified atom stereocenters. The number of amides is 2. The van der Waals surface area contributed by atoms with Crippen molar-refractivity contribution in [3.63, 3.8) is 0 Å². The molecule has 0 spiro atoms. The summed E-state index contributed by atoms with van der Waals surface area (Å²) < 4.78 is 0. The minimum absolute atomic E-state index is 0.0485. The SMILES string of the molecule is CCN(CC)C(=O)CSCC(=O)Nc1ccc(Cl)c(Cl)c1. The normalized spacial score (nSPS) is 10.3. The summed E-state index contributed by atoms with van der Waals surface area (Å²) in [6, 6.07) is 4.89. The zero-order chi connectivity index (χ0) is 15.8. The van der Waals surface area contributed by atoms with Gasteiger partial charge in [-0.05, 0) is 32.0 Å². The summed E-state index contributed by atoms with van der Waals surface area (Å²) in [5.74, 6) is 0.391. The van der Waals surface area contributed by atoms with Gasteiger partial charge in [-0.3, -0.25) is 9.59 Å². The van der Waals surface area contributed by atoms with Crippen LogP contribution in [0.25, 0.3) is 0 Å². The van der Waals surface area contributed by atoms with Gasteiger partial charge in [0.1, 0.15) is 0 Å². The monoisotopic (exact) mass is 348 g/mol. The maximum atomic E-state index is 11.8. The molecule has 1 aromatic rings. The fourth-order valence-electron chi connectivity index (χ4n) is 1.67. The van der Waals surface area contributed by atoms with E-state index < -0.39 is 0 Å². The summed E-state index contributed by atoms with van der Waals surface area (Å²) in [6.07, 6.45) is 0. The maximum Gasteiger partial charge on any atom is 0.234 e. The molecule has 0 fully saturated rings. The fraction of sp³-hybridized carbons (Fsp3) is 0.429. The van der Waals surface area contributed by atoms with Gasteiger partial charge in [-0.2, -0.15) is 0 Å². The highest BCUT2D eigenvalue weighted by Gasteiger charge is 2.11. The molecule has 1 N–H and O–H groups in total. The summed E-state index contributed by atoms with van der Waals surface area (Å²) in [7, 11) is 0. The van der Waals surface area contributed by atoms with Gasteiger partial charge >= 0.3 is 0 Å². The Kier molecular flexibility index (Phi) is 7.93. The molecule has 0 aromatic heterocycles. The van der Waals surface area contributed by atoms with Crippen molar-refractivity contribution in [1.82, 2.24) is 4.90 Å². The van der Waals surface area contributed by atoms with Crippen LogP contribution in [0.5, 0.6) is 0 Å². The second-order valence-electron chi connectivity index (χ2n) is 4.24. The van der Waals surface area contributed by atoms with E-state index in [0.29, 0.717) is 34.6 Å². The van der Waals surface area contributed by atoms with Gasteiger partial charge in [-0.1, -0.05) is 23.2 Å². The van der Waals surface area contributed by atoms with Gasteiger partial charge in [0, 0.05) is 18.8 Å². The number of hydrogen-bond acceptors (Lipinski definition) is 3. The standard InChI is InChI=1S/C14H18Cl2N2O2S/c1-3-18(4-2)14(20)9-21-8-13(19)17-10-5-6-11(15)12(16)7-10/h5-7H,3-4,8-9H2,1-2H3,(H,17,19). The number of halogens is 2. The van der Waals surface area contributed by atoms with E-state index in [0.717, 1.165) is 0 Å². The van der Waals surface area contributed by atoms with Gasteiger partial charge in [-0.25, -0.2) is 0 Å². The Morgan fingerprint density at radius 2 is 1.81 bits per heavy atom. The topological polar surface area (TPSA) is 49.4 Å². The van der Waals surface area contributed by atoms with E-state index in [9.17, 15) is 9.59 Å². The van der Waals surface area contributed by atoms with Crippen molar-refractivity contribution in [3.05, 3.63) is 28.2 Å². The quantitative estimate of drug-likeness (QED) is 0.819. The van der Waals surface area contributed by atoms with Crippen LogP contribution in [0.4, 0.5) is 5.69 Å². The summed E-state index contributed by atoms with van der Waals surface area (Å²) in [4.78, 5) is 25.3. The highest BCUT2D eigenvalue weighted by Crippen LogP contribution is 2.25. The van der Waals surface area contributed by atoms with Crippen molar-refractivity contribution in [2.75, 3.05) is 29.9 Å². The second kappa shape index (κ2) is 9.18. The smallest absolute Gasteiger partial charge is 0.234 e. The van der Waals surface area contributed by atoms with Crippen molar-refractivity contribution < 1.29 is 9.59 Å². The fourth-order valence-corrected chi connectivity index (χ4v) is 2.68. The predicted molar refractivity (Wildman–Crippen MR) is 90.3 cm³/mol. The van der Waals surface area contributed by atoms with Gasteiger partial charge in [-0.15, -0.1) is 11.8 Å². The molecule has 7 heteroatoms. The third kappa shape index (κ3) is 6.16. The third-order valence-corrected chi connectivity index (χ3v) is 4.43. The number of thioether (sulfide) groups is 1.